The summed E-state index contributed by atoms with van der Waals surface area (Å²) in [6.45, 7) is 9.23. The van der Waals surface area contributed by atoms with Gasteiger partial charge in [-0.15, -0.1) is 0 Å². The zero-order chi connectivity index (χ0) is 23.8. The number of amides is 1. The van der Waals surface area contributed by atoms with Gasteiger partial charge in [0.1, 0.15) is 5.82 Å². The zero-order valence-corrected chi connectivity index (χ0v) is 20.9. The Labute approximate surface area is 208 Å². The quantitative estimate of drug-likeness (QED) is 0.628. The van der Waals surface area contributed by atoms with Crippen molar-refractivity contribution in [3.8, 4) is 11.1 Å². The smallest absolute Gasteiger partial charge is 0.409 e. The SMILES string of the molecule is CCOC(=O)N1CC2(CC[C@@H](N3CCN(c4ncccc4-c4cnn(CC5CCC5)c4)CC3)C2)C1. The van der Waals surface area contributed by atoms with Crippen LogP contribution in [0.25, 0.3) is 11.1 Å². The summed E-state index contributed by atoms with van der Waals surface area (Å²) in [4.78, 5) is 23.8. The van der Waals surface area contributed by atoms with Crippen molar-refractivity contribution in [2.45, 2.75) is 58.0 Å². The van der Waals surface area contributed by atoms with Crippen LogP contribution in [0.5, 0.6) is 0 Å². The molecule has 4 heterocycles. The number of hydrogen-bond acceptors (Lipinski definition) is 6. The van der Waals surface area contributed by atoms with E-state index in [1.165, 1.54) is 49.7 Å². The Kier molecular flexibility index (Phi) is 6.16. The molecule has 0 bridgehead atoms. The van der Waals surface area contributed by atoms with Crippen LogP contribution in [0, 0.1) is 11.3 Å². The van der Waals surface area contributed by atoms with Gasteiger partial charge in [-0.2, -0.15) is 5.10 Å². The second kappa shape index (κ2) is 9.45. The van der Waals surface area contributed by atoms with E-state index < -0.39 is 0 Å². The van der Waals surface area contributed by atoms with Crippen molar-refractivity contribution in [1.82, 2.24) is 24.6 Å². The largest absolute Gasteiger partial charge is 0.450 e. The van der Waals surface area contributed by atoms with Gasteiger partial charge in [0.05, 0.1) is 12.8 Å². The first-order valence-corrected chi connectivity index (χ1v) is 13.5. The first kappa shape index (κ1) is 22.8. The molecule has 1 amide bonds. The molecule has 8 nitrogen and oxygen atoms in total. The minimum absolute atomic E-state index is 0.144. The minimum atomic E-state index is -0.144. The highest BCUT2D eigenvalue weighted by molar-refractivity contribution is 5.75. The molecule has 8 heteroatoms. The van der Waals surface area contributed by atoms with Gasteiger partial charge in [-0.25, -0.2) is 9.78 Å². The van der Waals surface area contributed by atoms with Gasteiger partial charge in [0.25, 0.3) is 0 Å². The lowest BCUT2D eigenvalue weighted by atomic mass is 9.78. The number of aromatic nitrogens is 3. The normalized spacial score (nSPS) is 24.4. The first-order valence-electron chi connectivity index (χ1n) is 13.5. The number of hydrogen-bond donors (Lipinski definition) is 0. The molecular formula is C27H38N6O2. The molecule has 0 radical (unpaired) electrons. The fourth-order valence-electron chi connectivity index (χ4n) is 6.60. The van der Waals surface area contributed by atoms with Crippen LogP contribution < -0.4 is 4.90 Å². The fraction of sp³-hybridized carbons (Fsp3) is 0.667. The second-order valence-electron chi connectivity index (χ2n) is 11.1. The third-order valence-corrected chi connectivity index (χ3v) is 8.79. The zero-order valence-electron chi connectivity index (χ0n) is 20.9. The number of rotatable bonds is 6. The van der Waals surface area contributed by atoms with Crippen LogP contribution in [0.1, 0.15) is 45.4 Å². The molecule has 2 saturated heterocycles. The van der Waals surface area contributed by atoms with Crippen molar-refractivity contribution < 1.29 is 9.53 Å². The number of ether oxygens (including phenoxy) is 1. The van der Waals surface area contributed by atoms with E-state index in [0.29, 0.717) is 18.1 Å². The first-order chi connectivity index (χ1) is 17.1. The van der Waals surface area contributed by atoms with Crippen LogP contribution in [-0.2, 0) is 11.3 Å². The Bertz CT molecular complexity index is 1040. The van der Waals surface area contributed by atoms with Crippen molar-refractivity contribution in [2.24, 2.45) is 11.3 Å². The number of likely N-dealkylation sites (tertiary alicyclic amines) is 1. The number of anilines is 1. The average molecular weight is 479 g/mol. The van der Waals surface area contributed by atoms with Gasteiger partial charge in [-0.1, -0.05) is 6.42 Å². The van der Waals surface area contributed by atoms with Gasteiger partial charge in [-0.05, 0) is 57.1 Å². The van der Waals surface area contributed by atoms with Crippen LogP contribution in [0.3, 0.4) is 0 Å². The third kappa shape index (κ3) is 4.53. The second-order valence-corrected chi connectivity index (χ2v) is 11.1. The van der Waals surface area contributed by atoms with Crippen molar-refractivity contribution in [3.05, 3.63) is 30.7 Å². The molecule has 4 fully saturated rings. The lowest BCUT2D eigenvalue weighted by Crippen LogP contribution is -2.58. The lowest BCUT2D eigenvalue weighted by Gasteiger charge is -2.48. The van der Waals surface area contributed by atoms with Crippen molar-refractivity contribution in [1.29, 1.82) is 0 Å². The van der Waals surface area contributed by atoms with Gasteiger partial charge < -0.3 is 14.5 Å². The summed E-state index contributed by atoms with van der Waals surface area (Å²) in [6.07, 6.45) is 13.7. The molecule has 35 heavy (non-hydrogen) atoms. The highest BCUT2D eigenvalue weighted by atomic mass is 16.6. The Hall–Kier alpha value is -2.61. The molecule has 1 atom stereocenters. The summed E-state index contributed by atoms with van der Waals surface area (Å²) in [5, 5.41) is 4.65. The van der Waals surface area contributed by atoms with Crippen LogP contribution in [-0.4, -0.2) is 82.6 Å². The number of carbonyl (C=O) groups excluding carboxylic acids is 1. The third-order valence-electron chi connectivity index (χ3n) is 8.79. The van der Waals surface area contributed by atoms with Crippen molar-refractivity contribution in [2.75, 3.05) is 50.8 Å². The van der Waals surface area contributed by atoms with Gasteiger partial charge in [0, 0.05) is 80.8 Å². The van der Waals surface area contributed by atoms with Crippen LogP contribution in [0.2, 0.25) is 0 Å². The van der Waals surface area contributed by atoms with Gasteiger partial charge in [-0.3, -0.25) is 9.58 Å². The lowest BCUT2D eigenvalue weighted by molar-refractivity contribution is -0.00294. The summed E-state index contributed by atoms with van der Waals surface area (Å²) in [5.74, 6) is 1.88. The van der Waals surface area contributed by atoms with Gasteiger partial charge in [0.2, 0.25) is 0 Å². The number of pyridine rings is 1. The molecule has 1 spiro atoms. The summed E-state index contributed by atoms with van der Waals surface area (Å²) < 4.78 is 7.29. The summed E-state index contributed by atoms with van der Waals surface area (Å²) >= 11 is 0. The molecule has 0 aromatic carbocycles. The molecule has 188 valence electrons. The molecule has 2 aliphatic heterocycles. The van der Waals surface area contributed by atoms with E-state index in [1.807, 2.05) is 30.3 Å². The molecule has 0 unspecified atom stereocenters. The van der Waals surface area contributed by atoms with E-state index >= 15 is 0 Å². The van der Waals surface area contributed by atoms with E-state index in [-0.39, 0.29) is 6.09 Å². The topological polar surface area (TPSA) is 66.7 Å². The standard InChI is InChI=1S/C27H38N6O2/c1-2-35-26(34)32-19-27(20-32)9-8-23(15-27)30-11-13-31(14-12-30)25-24(7-4-10-28-25)22-16-29-33(18-22)17-21-5-3-6-21/h4,7,10,16,18,21,23H,2-3,5-6,8-9,11-15,17,19-20H2,1H3/t23-/m1/s1. The minimum Gasteiger partial charge on any atom is -0.450 e. The number of piperazine rings is 1. The van der Waals surface area contributed by atoms with Crippen LogP contribution in [0.4, 0.5) is 10.6 Å². The number of carbonyl (C=O) groups is 1. The van der Waals surface area contributed by atoms with Crippen molar-refractivity contribution in [3.63, 3.8) is 0 Å². The Morgan fingerprint density at radius 3 is 2.74 bits per heavy atom. The average Bonchev–Trinajstić information content (AvgIpc) is 3.49. The predicted molar refractivity (Wildman–Crippen MR) is 135 cm³/mol. The Balaban J connectivity index is 1.05. The maximum atomic E-state index is 12.0. The molecule has 0 N–H and O–H groups in total. The van der Waals surface area contributed by atoms with Gasteiger partial charge >= 0.3 is 6.09 Å². The predicted octanol–water partition coefficient (Wildman–Crippen LogP) is 3.88. The molecule has 2 saturated carbocycles. The molecular weight excluding hydrogens is 440 g/mol. The summed E-state index contributed by atoms with van der Waals surface area (Å²) in [5.41, 5.74) is 2.68. The van der Waals surface area contributed by atoms with E-state index in [2.05, 4.69) is 31.8 Å². The maximum Gasteiger partial charge on any atom is 0.409 e. The highest BCUT2D eigenvalue weighted by Crippen LogP contribution is 2.47. The van der Waals surface area contributed by atoms with Crippen LogP contribution >= 0.6 is 0 Å². The summed E-state index contributed by atoms with van der Waals surface area (Å²) in [7, 11) is 0. The van der Waals surface area contributed by atoms with Crippen molar-refractivity contribution >= 4 is 11.9 Å². The van der Waals surface area contributed by atoms with E-state index in [9.17, 15) is 4.79 Å². The number of nitrogens with zero attached hydrogens (tertiary/aromatic N) is 6. The van der Waals surface area contributed by atoms with E-state index in [0.717, 1.165) is 57.5 Å². The van der Waals surface area contributed by atoms with Crippen LogP contribution in [0.15, 0.2) is 30.7 Å². The molecule has 4 aliphatic rings. The molecule has 2 aromatic rings. The maximum absolute atomic E-state index is 12.0. The molecule has 2 aromatic heterocycles. The van der Waals surface area contributed by atoms with Gasteiger partial charge in [0.15, 0.2) is 0 Å². The van der Waals surface area contributed by atoms with E-state index in [1.54, 1.807) is 0 Å². The monoisotopic (exact) mass is 478 g/mol. The Morgan fingerprint density at radius 2 is 2.00 bits per heavy atom. The Morgan fingerprint density at radius 1 is 1.17 bits per heavy atom. The summed E-state index contributed by atoms with van der Waals surface area (Å²) in [6, 6.07) is 4.86. The fourth-order valence-corrected chi connectivity index (χ4v) is 6.60. The van der Waals surface area contributed by atoms with E-state index in [4.69, 9.17) is 9.72 Å². The molecule has 6 rings (SSSR count). The highest BCUT2D eigenvalue weighted by Gasteiger charge is 2.51. The molecule has 2 aliphatic carbocycles.